The lowest BCUT2D eigenvalue weighted by molar-refractivity contribution is 0.0965. The molecule has 0 aliphatic rings. The Morgan fingerprint density at radius 1 is 0.625 bits per heavy atom. The van der Waals surface area contributed by atoms with Crippen molar-refractivity contribution >= 4 is 11.6 Å². The van der Waals surface area contributed by atoms with Gasteiger partial charge in [0.05, 0.1) is 0 Å². The molecule has 0 aromatic heterocycles. The minimum absolute atomic E-state index is 0.0100. The normalized spacial score (nSPS) is 11.7. The van der Waals surface area contributed by atoms with Crippen molar-refractivity contribution in [3.63, 3.8) is 0 Å². The highest BCUT2D eigenvalue weighted by molar-refractivity contribution is 6.09. The number of hydrogen-bond acceptors (Lipinski definition) is 2. The number of carbonyl (C=O) groups is 2. The Morgan fingerprint density at radius 3 is 1.62 bits per heavy atom. The first kappa shape index (κ1) is 15.9. The lowest BCUT2D eigenvalue weighted by Gasteiger charge is -2.11. The van der Waals surface area contributed by atoms with Crippen molar-refractivity contribution in [2.75, 3.05) is 0 Å². The molecule has 0 saturated heterocycles. The fourth-order valence-electron chi connectivity index (χ4n) is 2.68. The first-order chi connectivity index (χ1) is 11.7. The van der Waals surface area contributed by atoms with Crippen LogP contribution in [0.4, 0.5) is 0 Å². The molecule has 0 radical (unpaired) electrons. The van der Waals surface area contributed by atoms with E-state index in [0.29, 0.717) is 16.7 Å². The lowest BCUT2D eigenvalue weighted by Crippen LogP contribution is -2.10. The summed E-state index contributed by atoms with van der Waals surface area (Å²) in [6.45, 7) is 1.89. The van der Waals surface area contributed by atoms with Gasteiger partial charge in [-0.1, -0.05) is 91.9 Å². The van der Waals surface area contributed by atoms with Crippen LogP contribution in [0.5, 0.6) is 0 Å². The van der Waals surface area contributed by atoms with Gasteiger partial charge in [0.1, 0.15) is 0 Å². The molecule has 0 heterocycles. The fourth-order valence-corrected chi connectivity index (χ4v) is 2.68. The molecule has 0 amide bonds. The number of Topliss-reactive ketones (excluding diaryl/α,β-unsaturated/α-hetero) is 1. The van der Waals surface area contributed by atoms with E-state index >= 15 is 0 Å². The van der Waals surface area contributed by atoms with E-state index in [1.807, 2.05) is 67.6 Å². The van der Waals surface area contributed by atoms with E-state index in [-0.39, 0.29) is 17.5 Å². The van der Waals surface area contributed by atoms with Crippen LogP contribution in [0.2, 0.25) is 0 Å². The molecule has 2 heteroatoms. The van der Waals surface area contributed by atoms with Crippen LogP contribution >= 0.6 is 0 Å². The van der Waals surface area contributed by atoms with E-state index in [0.717, 1.165) is 5.56 Å². The van der Waals surface area contributed by atoms with Crippen LogP contribution in [0.3, 0.4) is 0 Å². The van der Waals surface area contributed by atoms with Gasteiger partial charge in [-0.15, -0.1) is 0 Å². The summed E-state index contributed by atoms with van der Waals surface area (Å²) in [6, 6.07) is 25.8. The molecule has 1 unspecified atom stereocenters. The second-order valence-corrected chi connectivity index (χ2v) is 5.77. The van der Waals surface area contributed by atoms with Gasteiger partial charge < -0.3 is 0 Å². The van der Waals surface area contributed by atoms with Crippen LogP contribution in [-0.2, 0) is 0 Å². The van der Waals surface area contributed by atoms with Crippen molar-refractivity contribution in [1.29, 1.82) is 0 Å². The third-order valence-electron chi connectivity index (χ3n) is 4.16. The average molecular weight is 314 g/mol. The molecule has 0 aliphatic heterocycles. The first-order valence-electron chi connectivity index (χ1n) is 7.96. The second kappa shape index (κ2) is 7.05. The molecule has 0 bridgehead atoms. The lowest BCUT2D eigenvalue weighted by atomic mass is 9.91. The highest BCUT2D eigenvalue weighted by atomic mass is 16.1. The van der Waals surface area contributed by atoms with E-state index < -0.39 is 0 Å². The fraction of sp³-hybridized carbons (Fsp3) is 0.0909. The summed E-state index contributed by atoms with van der Waals surface area (Å²) in [4.78, 5) is 24.9. The highest BCUT2D eigenvalue weighted by Gasteiger charge is 2.17. The third-order valence-corrected chi connectivity index (χ3v) is 4.16. The SMILES string of the molecule is CC(C(=O)c1ccccc1)c1ccc(C(=O)c2ccccc2)cc1. The zero-order valence-electron chi connectivity index (χ0n) is 13.5. The van der Waals surface area contributed by atoms with Crippen LogP contribution in [0, 0.1) is 0 Å². The molecular formula is C22H18O2. The maximum atomic E-state index is 12.5. The monoisotopic (exact) mass is 314 g/mol. The number of carbonyl (C=O) groups excluding carboxylic acids is 2. The third kappa shape index (κ3) is 3.33. The van der Waals surface area contributed by atoms with Crippen molar-refractivity contribution in [2.45, 2.75) is 12.8 Å². The van der Waals surface area contributed by atoms with Crippen molar-refractivity contribution in [1.82, 2.24) is 0 Å². The molecule has 1 atom stereocenters. The predicted octanol–water partition coefficient (Wildman–Crippen LogP) is 4.90. The Morgan fingerprint density at radius 2 is 1.08 bits per heavy atom. The molecule has 0 fully saturated rings. The van der Waals surface area contributed by atoms with Gasteiger partial charge in [0.2, 0.25) is 0 Å². The Balaban J connectivity index is 1.79. The van der Waals surface area contributed by atoms with Crippen molar-refractivity contribution in [3.05, 3.63) is 107 Å². The Hall–Kier alpha value is -3.00. The van der Waals surface area contributed by atoms with E-state index in [2.05, 4.69) is 0 Å². The predicted molar refractivity (Wildman–Crippen MR) is 95.5 cm³/mol. The Bertz CT molecular complexity index is 834. The molecule has 3 aromatic rings. The van der Waals surface area contributed by atoms with Crippen LogP contribution in [-0.4, -0.2) is 11.6 Å². The number of rotatable bonds is 5. The molecule has 3 aromatic carbocycles. The van der Waals surface area contributed by atoms with Crippen LogP contribution in [0.1, 0.15) is 44.7 Å². The summed E-state index contributed by atoms with van der Waals surface area (Å²) in [7, 11) is 0. The summed E-state index contributed by atoms with van der Waals surface area (Å²) in [5, 5.41) is 0. The number of hydrogen-bond donors (Lipinski definition) is 0. The molecule has 0 spiro atoms. The van der Waals surface area contributed by atoms with Gasteiger partial charge in [-0.3, -0.25) is 9.59 Å². The zero-order chi connectivity index (χ0) is 16.9. The average Bonchev–Trinajstić information content (AvgIpc) is 2.68. The largest absolute Gasteiger partial charge is 0.294 e. The van der Waals surface area contributed by atoms with E-state index in [4.69, 9.17) is 0 Å². The minimum atomic E-state index is -0.242. The van der Waals surface area contributed by atoms with Crippen LogP contribution < -0.4 is 0 Å². The summed E-state index contributed by atoms with van der Waals surface area (Å²) < 4.78 is 0. The van der Waals surface area contributed by atoms with Crippen molar-refractivity contribution in [2.24, 2.45) is 0 Å². The van der Waals surface area contributed by atoms with Gasteiger partial charge in [0.25, 0.3) is 0 Å². The Labute approximate surface area is 141 Å². The molecule has 0 aliphatic carbocycles. The maximum Gasteiger partial charge on any atom is 0.193 e. The van der Waals surface area contributed by atoms with E-state index in [1.54, 1.807) is 24.3 Å². The van der Waals surface area contributed by atoms with Gasteiger partial charge in [0, 0.05) is 22.6 Å². The van der Waals surface area contributed by atoms with E-state index in [1.165, 1.54) is 0 Å². The summed E-state index contributed by atoms with van der Waals surface area (Å²) in [5.41, 5.74) is 2.91. The van der Waals surface area contributed by atoms with Crippen LogP contribution in [0.25, 0.3) is 0 Å². The molecule has 3 rings (SSSR count). The minimum Gasteiger partial charge on any atom is -0.294 e. The Kier molecular flexibility index (Phi) is 4.66. The summed E-state index contributed by atoms with van der Waals surface area (Å²) in [6.07, 6.45) is 0. The van der Waals surface area contributed by atoms with Gasteiger partial charge in [-0.25, -0.2) is 0 Å². The molecule has 118 valence electrons. The molecule has 2 nitrogen and oxygen atoms in total. The summed E-state index contributed by atoms with van der Waals surface area (Å²) >= 11 is 0. The second-order valence-electron chi connectivity index (χ2n) is 5.77. The molecule has 0 N–H and O–H groups in total. The van der Waals surface area contributed by atoms with E-state index in [9.17, 15) is 9.59 Å². The van der Waals surface area contributed by atoms with Gasteiger partial charge in [-0.2, -0.15) is 0 Å². The highest BCUT2D eigenvalue weighted by Crippen LogP contribution is 2.21. The molecular weight excluding hydrogens is 296 g/mol. The van der Waals surface area contributed by atoms with Crippen molar-refractivity contribution < 1.29 is 9.59 Å². The van der Waals surface area contributed by atoms with Crippen molar-refractivity contribution in [3.8, 4) is 0 Å². The smallest absolute Gasteiger partial charge is 0.193 e. The first-order valence-corrected chi connectivity index (χ1v) is 7.96. The maximum absolute atomic E-state index is 12.5. The summed E-state index contributed by atoms with van der Waals surface area (Å²) in [5.74, 6) is -0.171. The van der Waals surface area contributed by atoms with Gasteiger partial charge in [-0.05, 0) is 5.56 Å². The molecule has 0 saturated carbocycles. The van der Waals surface area contributed by atoms with Gasteiger partial charge >= 0.3 is 0 Å². The molecule has 24 heavy (non-hydrogen) atoms. The number of benzene rings is 3. The van der Waals surface area contributed by atoms with Crippen LogP contribution in [0.15, 0.2) is 84.9 Å². The zero-order valence-corrected chi connectivity index (χ0v) is 13.5. The van der Waals surface area contributed by atoms with Gasteiger partial charge in [0.15, 0.2) is 11.6 Å². The standard InChI is InChI=1S/C22H18O2/c1-16(21(23)18-8-4-2-5-9-18)17-12-14-20(15-13-17)22(24)19-10-6-3-7-11-19/h2-16H,1H3. The number of ketones is 2. The quantitative estimate of drug-likeness (QED) is 0.627. The topological polar surface area (TPSA) is 34.1 Å².